The number of halogens is 1. The highest BCUT2D eigenvalue weighted by Gasteiger charge is 2.11. The van der Waals surface area contributed by atoms with Crippen molar-refractivity contribution < 1.29 is 13.8 Å². The van der Waals surface area contributed by atoms with E-state index < -0.39 is 0 Å². The number of fused-ring (bicyclic) bond motifs is 1. The van der Waals surface area contributed by atoms with E-state index >= 15 is 0 Å². The summed E-state index contributed by atoms with van der Waals surface area (Å²) in [5.41, 5.74) is 4.04. The molecule has 7 nitrogen and oxygen atoms in total. The van der Waals surface area contributed by atoms with Gasteiger partial charge in [-0.2, -0.15) is 0 Å². The minimum atomic E-state index is -0.288. The summed E-state index contributed by atoms with van der Waals surface area (Å²) >= 11 is 6.43. The number of rotatable bonds is 6. The number of hydrogen-bond acceptors (Lipinski definition) is 5. The van der Waals surface area contributed by atoms with Crippen LogP contribution in [-0.2, 0) is 19.4 Å². The zero-order valence-corrected chi connectivity index (χ0v) is 15.3. The lowest BCUT2D eigenvalue weighted by Gasteiger charge is -2.03. The number of benzene rings is 1. The molecule has 138 valence electrons. The van der Waals surface area contributed by atoms with Gasteiger partial charge in [-0.3, -0.25) is 4.79 Å². The van der Waals surface area contributed by atoms with E-state index in [1.165, 1.54) is 12.3 Å². The fourth-order valence-corrected chi connectivity index (χ4v) is 3.21. The molecule has 0 radical (unpaired) electrons. The standard InChI is InChI=1S/C19H17ClN4O3/c1-11-6-14(23-27-11)3-2-12-9-18-13(8-16(12)20)7-15(22-18)10-21-19(25)17-4-5-26-24-17/h4-9,22H,2-3,10H2,1H3,(H,21,25). The van der Waals surface area contributed by atoms with E-state index in [1.807, 2.05) is 31.2 Å². The van der Waals surface area contributed by atoms with Gasteiger partial charge in [-0.1, -0.05) is 21.9 Å². The molecule has 0 aliphatic heterocycles. The molecule has 0 aliphatic rings. The summed E-state index contributed by atoms with van der Waals surface area (Å²) < 4.78 is 9.77. The van der Waals surface area contributed by atoms with Gasteiger partial charge in [0.2, 0.25) is 0 Å². The van der Waals surface area contributed by atoms with Gasteiger partial charge < -0.3 is 19.3 Å². The van der Waals surface area contributed by atoms with E-state index in [0.717, 1.165) is 46.5 Å². The van der Waals surface area contributed by atoms with Gasteiger partial charge in [0.05, 0.1) is 12.2 Å². The molecule has 4 aromatic rings. The number of amides is 1. The number of carbonyl (C=O) groups is 1. The summed E-state index contributed by atoms with van der Waals surface area (Å²) in [6.07, 6.45) is 2.88. The first kappa shape index (κ1) is 17.4. The molecule has 0 atom stereocenters. The number of nitrogens with one attached hydrogen (secondary N) is 2. The van der Waals surface area contributed by atoms with Crippen LogP contribution in [-0.4, -0.2) is 21.2 Å². The zero-order chi connectivity index (χ0) is 18.8. The average Bonchev–Trinajstić information content (AvgIpc) is 3.38. The van der Waals surface area contributed by atoms with Gasteiger partial charge in [-0.15, -0.1) is 0 Å². The minimum Gasteiger partial charge on any atom is -0.364 e. The lowest BCUT2D eigenvalue weighted by Crippen LogP contribution is -2.23. The Kier molecular flexibility index (Phi) is 4.68. The van der Waals surface area contributed by atoms with Crippen LogP contribution in [0.25, 0.3) is 10.9 Å². The summed E-state index contributed by atoms with van der Waals surface area (Å²) in [6, 6.07) is 9.38. The number of nitrogens with zero attached hydrogens (tertiary/aromatic N) is 2. The van der Waals surface area contributed by atoms with Crippen molar-refractivity contribution in [2.24, 2.45) is 0 Å². The molecule has 2 N–H and O–H groups in total. The van der Waals surface area contributed by atoms with E-state index in [4.69, 9.17) is 16.1 Å². The third-order valence-corrected chi connectivity index (χ3v) is 4.63. The smallest absolute Gasteiger partial charge is 0.273 e. The highest BCUT2D eigenvalue weighted by molar-refractivity contribution is 6.32. The molecule has 0 saturated heterocycles. The van der Waals surface area contributed by atoms with Crippen molar-refractivity contribution in [3.63, 3.8) is 0 Å². The van der Waals surface area contributed by atoms with Crippen LogP contribution in [0.15, 0.2) is 45.6 Å². The Morgan fingerprint density at radius 3 is 2.85 bits per heavy atom. The van der Waals surface area contributed by atoms with Gasteiger partial charge in [-0.05, 0) is 43.5 Å². The second-order valence-corrected chi connectivity index (χ2v) is 6.73. The van der Waals surface area contributed by atoms with Crippen molar-refractivity contribution in [1.82, 2.24) is 20.6 Å². The fourth-order valence-electron chi connectivity index (χ4n) is 2.94. The molecule has 3 aromatic heterocycles. The minimum absolute atomic E-state index is 0.250. The van der Waals surface area contributed by atoms with E-state index in [0.29, 0.717) is 11.6 Å². The van der Waals surface area contributed by atoms with Gasteiger partial charge in [-0.25, -0.2) is 0 Å². The van der Waals surface area contributed by atoms with Crippen molar-refractivity contribution in [2.75, 3.05) is 0 Å². The maximum absolute atomic E-state index is 11.9. The summed E-state index contributed by atoms with van der Waals surface area (Å²) in [4.78, 5) is 15.3. The largest absolute Gasteiger partial charge is 0.364 e. The van der Waals surface area contributed by atoms with Crippen molar-refractivity contribution in [2.45, 2.75) is 26.3 Å². The highest BCUT2D eigenvalue weighted by Crippen LogP contribution is 2.26. The van der Waals surface area contributed by atoms with E-state index in [1.54, 1.807) is 0 Å². The predicted octanol–water partition coefficient (Wildman–Crippen LogP) is 3.82. The first-order valence-corrected chi connectivity index (χ1v) is 8.87. The normalized spacial score (nSPS) is 11.2. The summed E-state index contributed by atoms with van der Waals surface area (Å²) in [6.45, 7) is 2.23. The molecule has 4 rings (SSSR count). The monoisotopic (exact) mass is 384 g/mol. The predicted molar refractivity (Wildman–Crippen MR) is 99.6 cm³/mol. The fraction of sp³-hybridized carbons (Fsp3) is 0.211. The summed E-state index contributed by atoms with van der Waals surface area (Å²) in [5, 5.41) is 12.1. The Morgan fingerprint density at radius 2 is 2.11 bits per heavy atom. The lowest BCUT2D eigenvalue weighted by molar-refractivity contribution is 0.0941. The Balaban J connectivity index is 1.46. The van der Waals surface area contributed by atoms with Gasteiger partial charge in [0.25, 0.3) is 5.91 Å². The number of hydrogen-bond donors (Lipinski definition) is 2. The van der Waals surface area contributed by atoms with Crippen molar-refractivity contribution >= 4 is 28.4 Å². The molecule has 1 aromatic carbocycles. The number of aromatic nitrogens is 3. The molecule has 27 heavy (non-hydrogen) atoms. The SMILES string of the molecule is Cc1cc(CCc2cc3[nH]c(CNC(=O)c4ccon4)cc3cc2Cl)no1. The third-order valence-electron chi connectivity index (χ3n) is 4.28. The van der Waals surface area contributed by atoms with Gasteiger partial charge in [0.15, 0.2) is 5.69 Å². The molecule has 0 saturated carbocycles. The van der Waals surface area contributed by atoms with Crippen LogP contribution in [0.1, 0.15) is 33.2 Å². The van der Waals surface area contributed by atoms with Gasteiger partial charge in [0, 0.05) is 33.8 Å². The Bertz CT molecular complexity index is 1080. The number of aryl methyl sites for hydroxylation is 3. The van der Waals surface area contributed by atoms with Crippen LogP contribution in [0.2, 0.25) is 5.02 Å². The summed E-state index contributed by atoms with van der Waals surface area (Å²) in [5.74, 6) is 0.511. The lowest BCUT2D eigenvalue weighted by atomic mass is 10.1. The number of H-pyrrole nitrogens is 1. The topological polar surface area (TPSA) is 97.0 Å². The van der Waals surface area contributed by atoms with Crippen molar-refractivity contribution in [3.05, 3.63) is 70.0 Å². The Hall–Kier alpha value is -3.06. The average molecular weight is 385 g/mol. The molecule has 8 heteroatoms. The van der Waals surface area contributed by atoms with Crippen LogP contribution in [0.4, 0.5) is 0 Å². The van der Waals surface area contributed by atoms with E-state index in [2.05, 4.69) is 25.1 Å². The third kappa shape index (κ3) is 3.88. The molecule has 0 aliphatic carbocycles. The number of carbonyl (C=O) groups excluding carboxylic acids is 1. The van der Waals surface area contributed by atoms with Crippen LogP contribution in [0.3, 0.4) is 0 Å². The van der Waals surface area contributed by atoms with Gasteiger partial charge >= 0.3 is 0 Å². The van der Waals surface area contributed by atoms with Gasteiger partial charge in [0.1, 0.15) is 12.0 Å². The Labute approximate surface area is 159 Å². The summed E-state index contributed by atoms with van der Waals surface area (Å²) in [7, 11) is 0. The van der Waals surface area contributed by atoms with Crippen LogP contribution in [0.5, 0.6) is 0 Å². The van der Waals surface area contributed by atoms with Crippen LogP contribution >= 0.6 is 11.6 Å². The van der Waals surface area contributed by atoms with Crippen LogP contribution < -0.4 is 5.32 Å². The first-order valence-electron chi connectivity index (χ1n) is 8.49. The maximum atomic E-state index is 11.9. The Morgan fingerprint density at radius 1 is 1.22 bits per heavy atom. The molecule has 1 amide bonds. The first-order chi connectivity index (χ1) is 13.1. The second kappa shape index (κ2) is 7.28. The van der Waals surface area contributed by atoms with E-state index in [-0.39, 0.29) is 11.6 Å². The molecule has 0 spiro atoms. The highest BCUT2D eigenvalue weighted by atomic mass is 35.5. The molecular weight excluding hydrogens is 368 g/mol. The molecular formula is C19H17ClN4O3. The zero-order valence-electron chi connectivity index (χ0n) is 14.6. The van der Waals surface area contributed by atoms with Crippen molar-refractivity contribution in [3.8, 4) is 0 Å². The quantitative estimate of drug-likeness (QED) is 0.526. The van der Waals surface area contributed by atoms with E-state index in [9.17, 15) is 4.79 Å². The maximum Gasteiger partial charge on any atom is 0.273 e. The second-order valence-electron chi connectivity index (χ2n) is 6.32. The number of aromatic amines is 1. The molecule has 0 unspecified atom stereocenters. The molecule has 3 heterocycles. The van der Waals surface area contributed by atoms with Crippen LogP contribution in [0, 0.1) is 6.92 Å². The molecule has 0 bridgehead atoms. The molecule has 0 fully saturated rings. The van der Waals surface area contributed by atoms with Crippen molar-refractivity contribution in [1.29, 1.82) is 0 Å².